The van der Waals surface area contributed by atoms with Crippen LogP contribution in [0.15, 0.2) is 24.5 Å². The number of para-hydroxylation sites is 1. The molecule has 0 amide bonds. The Labute approximate surface area is 100 Å². The number of aromatic amines is 1. The molecule has 4 nitrogen and oxygen atoms in total. The highest BCUT2D eigenvalue weighted by Crippen LogP contribution is 2.22. The number of rotatable bonds is 1. The van der Waals surface area contributed by atoms with Gasteiger partial charge in [-0.1, -0.05) is 26.0 Å². The lowest BCUT2D eigenvalue weighted by Gasteiger charge is -2.33. The first-order valence-electron chi connectivity index (χ1n) is 5.81. The molecule has 1 fully saturated rings. The number of hydrogen-bond donors (Lipinski definition) is 1. The summed E-state index contributed by atoms with van der Waals surface area (Å²) in [6, 6.07) is 5.99. The first-order chi connectivity index (χ1) is 8.16. The maximum atomic E-state index is 5.78. The van der Waals surface area contributed by atoms with Gasteiger partial charge in [-0.05, 0) is 6.07 Å². The summed E-state index contributed by atoms with van der Waals surface area (Å²) in [6.45, 7) is 5.69. The lowest BCUT2D eigenvalue weighted by Crippen LogP contribution is -2.47. The van der Waals surface area contributed by atoms with E-state index in [9.17, 15) is 0 Å². The summed E-state index contributed by atoms with van der Waals surface area (Å²) < 4.78 is 11.6. The molecule has 1 aromatic carbocycles. The van der Waals surface area contributed by atoms with Gasteiger partial charge < -0.3 is 14.3 Å². The van der Waals surface area contributed by atoms with Gasteiger partial charge in [0.2, 0.25) is 0 Å². The molecule has 17 heavy (non-hydrogen) atoms. The van der Waals surface area contributed by atoms with Crippen LogP contribution in [0.3, 0.4) is 0 Å². The van der Waals surface area contributed by atoms with E-state index in [2.05, 4.69) is 23.8 Å². The van der Waals surface area contributed by atoms with Crippen LogP contribution >= 0.6 is 0 Å². The summed E-state index contributed by atoms with van der Waals surface area (Å²) in [7, 11) is -0.296. The van der Waals surface area contributed by atoms with Crippen molar-refractivity contribution in [1.82, 2.24) is 9.97 Å². The summed E-state index contributed by atoms with van der Waals surface area (Å²) in [5, 5.41) is 0. The molecule has 1 N–H and O–H groups in total. The minimum Gasteiger partial charge on any atom is -0.407 e. The topological polar surface area (TPSA) is 47.1 Å². The Morgan fingerprint density at radius 1 is 1.29 bits per heavy atom. The summed E-state index contributed by atoms with van der Waals surface area (Å²) >= 11 is 0. The molecule has 3 rings (SSSR count). The van der Waals surface area contributed by atoms with Gasteiger partial charge in [-0.2, -0.15) is 0 Å². The van der Waals surface area contributed by atoms with E-state index < -0.39 is 0 Å². The van der Waals surface area contributed by atoms with Gasteiger partial charge in [-0.3, -0.25) is 0 Å². The number of fused-ring (bicyclic) bond motifs is 1. The second-order valence-electron chi connectivity index (χ2n) is 5.26. The molecule has 0 bridgehead atoms. The molecule has 0 radical (unpaired) electrons. The molecule has 1 aliphatic rings. The lowest BCUT2D eigenvalue weighted by atomic mass is 9.75. The molecule has 1 aliphatic heterocycles. The minimum atomic E-state index is -0.296. The van der Waals surface area contributed by atoms with Gasteiger partial charge in [-0.15, -0.1) is 0 Å². The number of aromatic nitrogens is 2. The van der Waals surface area contributed by atoms with Crippen LogP contribution in [0.1, 0.15) is 13.8 Å². The van der Waals surface area contributed by atoms with Gasteiger partial charge in [-0.25, -0.2) is 4.98 Å². The van der Waals surface area contributed by atoms with E-state index >= 15 is 0 Å². The highest BCUT2D eigenvalue weighted by Gasteiger charge is 2.34. The van der Waals surface area contributed by atoms with Gasteiger partial charge in [0.15, 0.2) is 0 Å². The van der Waals surface area contributed by atoms with Crippen LogP contribution in [-0.2, 0) is 9.31 Å². The molecule has 0 unspecified atom stereocenters. The molecule has 1 aromatic heterocycles. The average molecular weight is 230 g/mol. The van der Waals surface area contributed by atoms with Gasteiger partial charge in [0.05, 0.1) is 17.4 Å². The smallest absolute Gasteiger partial charge is 0.407 e. The number of H-pyrrole nitrogens is 1. The molecule has 0 aliphatic carbocycles. The largest absolute Gasteiger partial charge is 0.496 e. The molecule has 1 saturated heterocycles. The van der Waals surface area contributed by atoms with Crippen molar-refractivity contribution in [3.8, 4) is 0 Å². The zero-order valence-corrected chi connectivity index (χ0v) is 10.1. The van der Waals surface area contributed by atoms with Crippen LogP contribution in [0.4, 0.5) is 0 Å². The van der Waals surface area contributed by atoms with E-state index in [0.717, 1.165) is 16.5 Å². The summed E-state index contributed by atoms with van der Waals surface area (Å²) in [5.74, 6) is 0. The minimum absolute atomic E-state index is 0.0932. The number of nitrogens with one attached hydrogen (secondary N) is 1. The van der Waals surface area contributed by atoms with Gasteiger partial charge >= 0.3 is 7.12 Å². The van der Waals surface area contributed by atoms with Crippen molar-refractivity contribution < 1.29 is 9.31 Å². The molecule has 88 valence electrons. The Bertz CT molecular complexity index is 528. The summed E-state index contributed by atoms with van der Waals surface area (Å²) in [6.07, 6.45) is 1.70. The van der Waals surface area contributed by atoms with E-state index in [0.29, 0.717) is 13.2 Å². The van der Waals surface area contributed by atoms with Crippen LogP contribution in [0, 0.1) is 5.41 Å². The Hall–Kier alpha value is -1.33. The third-order valence-electron chi connectivity index (χ3n) is 2.99. The number of nitrogens with zero attached hydrogens (tertiary/aromatic N) is 1. The van der Waals surface area contributed by atoms with E-state index in [4.69, 9.17) is 9.31 Å². The van der Waals surface area contributed by atoms with Crippen molar-refractivity contribution >= 4 is 23.6 Å². The third-order valence-corrected chi connectivity index (χ3v) is 2.99. The van der Waals surface area contributed by atoms with Gasteiger partial charge in [0, 0.05) is 24.1 Å². The molecular weight excluding hydrogens is 215 g/mol. The fourth-order valence-corrected chi connectivity index (χ4v) is 2.05. The van der Waals surface area contributed by atoms with Crippen molar-refractivity contribution in [2.24, 2.45) is 5.41 Å². The normalized spacial score (nSPS) is 19.8. The maximum absolute atomic E-state index is 5.78. The fourth-order valence-electron chi connectivity index (χ4n) is 2.05. The Morgan fingerprint density at radius 2 is 2.06 bits per heavy atom. The zero-order chi connectivity index (χ0) is 11.9. The average Bonchev–Trinajstić information content (AvgIpc) is 2.77. The molecule has 2 aromatic rings. The SMILES string of the molecule is CC1(C)COB(c2cccc3[nH]cnc23)OC1. The molecule has 0 atom stereocenters. The van der Waals surface area contributed by atoms with Gasteiger partial charge in [0.1, 0.15) is 0 Å². The van der Waals surface area contributed by atoms with Crippen LogP contribution in [-0.4, -0.2) is 30.3 Å². The fraction of sp³-hybridized carbons (Fsp3) is 0.417. The zero-order valence-electron chi connectivity index (χ0n) is 10.1. The van der Waals surface area contributed by atoms with E-state index in [1.807, 2.05) is 18.2 Å². The summed E-state index contributed by atoms with van der Waals surface area (Å²) in [4.78, 5) is 7.41. The van der Waals surface area contributed by atoms with Crippen molar-refractivity contribution in [3.05, 3.63) is 24.5 Å². The first kappa shape index (κ1) is 10.8. The number of hydrogen-bond acceptors (Lipinski definition) is 3. The van der Waals surface area contributed by atoms with Gasteiger partial charge in [0.25, 0.3) is 0 Å². The second kappa shape index (κ2) is 3.86. The van der Waals surface area contributed by atoms with Crippen molar-refractivity contribution in [3.63, 3.8) is 0 Å². The second-order valence-corrected chi connectivity index (χ2v) is 5.26. The molecule has 0 saturated carbocycles. The highest BCUT2D eigenvalue weighted by molar-refractivity contribution is 6.64. The molecule has 5 heteroatoms. The monoisotopic (exact) mass is 230 g/mol. The van der Waals surface area contributed by atoms with Crippen molar-refractivity contribution in [2.45, 2.75) is 13.8 Å². The molecule has 0 spiro atoms. The predicted octanol–water partition coefficient (Wildman–Crippen LogP) is 1.33. The Morgan fingerprint density at radius 3 is 2.82 bits per heavy atom. The van der Waals surface area contributed by atoms with Crippen LogP contribution in [0.25, 0.3) is 11.0 Å². The first-order valence-corrected chi connectivity index (χ1v) is 5.81. The van der Waals surface area contributed by atoms with E-state index in [1.54, 1.807) is 6.33 Å². The standard InChI is InChI=1S/C12H15BN2O2/c1-12(2)6-16-13(17-7-12)9-4-3-5-10-11(9)15-8-14-10/h3-5,8H,6-7H2,1-2H3,(H,14,15). The predicted molar refractivity (Wildman–Crippen MR) is 67.2 cm³/mol. The van der Waals surface area contributed by atoms with Crippen LogP contribution in [0.5, 0.6) is 0 Å². The Balaban J connectivity index is 1.92. The highest BCUT2D eigenvalue weighted by atomic mass is 16.6. The van der Waals surface area contributed by atoms with Crippen molar-refractivity contribution in [1.29, 1.82) is 0 Å². The third kappa shape index (κ3) is 1.96. The summed E-state index contributed by atoms with van der Waals surface area (Å²) in [5.41, 5.74) is 3.03. The van der Waals surface area contributed by atoms with Crippen LogP contribution < -0.4 is 5.46 Å². The van der Waals surface area contributed by atoms with Crippen molar-refractivity contribution in [2.75, 3.05) is 13.2 Å². The molecular formula is C12H15BN2O2. The maximum Gasteiger partial charge on any atom is 0.496 e. The van der Waals surface area contributed by atoms with E-state index in [1.165, 1.54) is 0 Å². The number of imidazole rings is 1. The molecule has 2 heterocycles. The van der Waals surface area contributed by atoms with E-state index in [-0.39, 0.29) is 12.5 Å². The lowest BCUT2D eigenvalue weighted by molar-refractivity contribution is 0.0344. The number of benzene rings is 1. The Kier molecular flexibility index (Phi) is 2.45. The quantitative estimate of drug-likeness (QED) is 0.752. The van der Waals surface area contributed by atoms with Crippen LogP contribution in [0.2, 0.25) is 0 Å².